The van der Waals surface area contributed by atoms with Crippen LogP contribution in [0.4, 0.5) is 0 Å². The molecular weight excluding hydrogens is 344 g/mol. The number of nitrogens with zero attached hydrogens (tertiary/aromatic N) is 2. The Morgan fingerprint density at radius 2 is 1.92 bits per heavy atom. The Labute approximate surface area is 151 Å². The van der Waals surface area contributed by atoms with Crippen molar-refractivity contribution in [2.24, 2.45) is 0 Å². The molecule has 0 aromatic rings. The van der Waals surface area contributed by atoms with E-state index < -0.39 is 17.6 Å². The summed E-state index contributed by atoms with van der Waals surface area (Å²) in [4.78, 5) is 28.5. The van der Waals surface area contributed by atoms with Crippen molar-refractivity contribution in [1.29, 1.82) is 0 Å². The summed E-state index contributed by atoms with van der Waals surface area (Å²) in [5, 5.41) is 20.1. The minimum absolute atomic E-state index is 0.0902. The molecule has 1 saturated carbocycles. The van der Waals surface area contributed by atoms with Crippen molar-refractivity contribution < 1.29 is 19.8 Å². The molecule has 2 aliphatic carbocycles. The number of rotatable bonds is 3. The maximum atomic E-state index is 12.4. The zero-order valence-electron chi connectivity index (χ0n) is 13.8. The maximum Gasteiger partial charge on any atom is 0.333 e. The molecule has 4 rings (SSSR count). The van der Waals surface area contributed by atoms with Gasteiger partial charge in [-0.2, -0.15) is 0 Å². The molecule has 2 heterocycles. The molecule has 0 spiro atoms. The van der Waals surface area contributed by atoms with Gasteiger partial charge in [0.2, 0.25) is 0 Å². The van der Waals surface area contributed by atoms with E-state index in [1.54, 1.807) is 12.2 Å². The molecule has 25 heavy (non-hydrogen) atoms. The van der Waals surface area contributed by atoms with E-state index in [9.17, 15) is 19.8 Å². The van der Waals surface area contributed by atoms with Crippen molar-refractivity contribution in [2.75, 3.05) is 13.1 Å². The van der Waals surface area contributed by atoms with Crippen molar-refractivity contribution in [3.63, 3.8) is 0 Å². The zero-order chi connectivity index (χ0) is 17.8. The lowest BCUT2D eigenvalue weighted by atomic mass is 9.79. The monoisotopic (exact) mass is 364 g/mol. The standard InChI is InChI=1S/C18H21ClN2O4/c19-14-9-13-15(10-16(14)23)21(11-1-2-11)8-5-18(13,17(24)25)20-6-3-12(22)4-7-20/h5,8-9,11-12,22H,1-4,6-7,10H2,(H,24,25). The van der Waals surface area contributed by atoms with Crippen LogP contribution < -0.4 is 0 Å². The van der Waals surface area contributed by atoms with E-state index in [2.05, 4.69) is 0 Å². The van der Waals surface area contributed by atoms with Gasteiger partial charge in [-0.1, -0.05) is 11.6 Å². The Morgan fingerprint density at radius 1 is 1.24 bits per heavy atom. The van der Waals surface area contributed by atoms with E-state index >= 15 is 0 Å². The first-order chi connectivity index (χ1) is 11.9. The fourth-order valence-electron chi connectivity index (χ4n) is 4.06. The molecule has 1 atom stereocenters. The molecule has 0 radical (unpaired) electrons. The molecule has 134 valence electrons. The lowest BCUT2D eigenvalue weighted by Gasteiger charge is -2.47. The molecule has 0 bridgehead atoms. The number of carboxylic acid groups (broad SMARTS) is 1. The SMILES string of the molecule is O=C1CC2=C(C=C1Cl)C(C(=O)O)(N1CCC(O)CC1)C=CN2C1CC1. The second-order valence-corrected chi connectivity index (χ2v) is 7.60. The first-order valence-corrected chi connectivity index (χ1v) is 9.09. The highest BCUT2D eigenvalue weighted by molar-refractivity contribution is 6.43. The Hall–Kier alpha value is -1.63. The maximum absolute atomic E-state index is 12.4. The number of carboxylic acids is 1. The Morgan fingerprint density at radius 3 is 2.52 bits per heavy atom. The summed E-state index contributed by atoms with van der Waals surface area (Å²) in [7, 11) is 0. The first-order valence-electron chi connectivity index (χ1n) is 8.71. The van der Waals surface area contributed by atoms with Crippen molar-refractivity contribution in [1.82, 2.24) is 9.80 Å². The number of allylic oxidation sites excluding steroid dienone is 2. The number of carbonyl (C=O) groups is 2. The number of aliphatic hydroxyl groups excluding tert-OH is 1. The van der Waals surface area contributed by atoms with Crippen LogP contribution in [0.2, 0.25) is 0 Å². The lowest BCUT2D eigenvalue weighted by molar-refractivity contribution is -0.147. The van der Waals surface area contributed by atoms with Gasteiger partial charge in [0, 0.05) is 36.6 Å². The third kappa shape index (κ3) is 2.63. The molecule has 0 amide bonds. The molecule has 2 aliphatic heterocycles. The van der Waals surface area contributed by atoms with E-state index in [0.29, 0.717) is 37.5 Å². The highest BCUT2D eigenvalue weighted by Crippen LogP contribution is 2.45. The van der Waals surface area contributed by atoms with Gasteiger partial charge < -0.3 is 15.1 Å². The predicted octanol–water partition coefficient (Wildman–Crippen LogP) is 1.61. The second-order valence-electron chi connectivity index (χ2n) is 7.20. The van der Waals surface area contributed by atoms with Crippen LogP contribution in [-0.2, 0) is 9.59 Å². The van der Waals surface area contributed by atoms with Gasteiger partial charge in [-0.15, -0.1) is 0 Å². The van der Waals surface area contributed by atoms with Gasteiger partial charge in [0.1, 0.15) is 0 Å². The molecular formula is C18H21ClN2O4. The normalized spacial score (nSPS) is 31.2. The number of hydrogen-bond donors (Lipinski definition) is 2. The summed E-state index contributed by atoms with van der Waals surface area (Å²) in [6, 6.07) is 0.342. The molecule has 6 nitrogen and oxygen atoms in total. The van der Waals surface area contributed by atoms with Gasteiger partial charge >= 0.3 is 5.97 Å². The molecule has 1 unspecified atom stereocenters. The fraction of sp³-hybridized carbons (Fsp3) is 0.556. The van der Waals surface area contributed by atoms with E-state index in [0.717, 1.165) is 18.5 Å². The quantitative estimate of drug-likeness (QED) is 0.791. The van der Waals surface area contributed by atoms with E-state index in [-0.39, 0.29) is 17.2 Å². The Bertz CT molecular complexity index is 717. The van der Waals surface area contributed by atoms with E-state index in [4.69, 9.17) is 11.6 Å². The second kappa shape index (κ2) is 5.97. The number of aliphatic carboxylic acids is 1. The number of aliphatic hydroxyl groups is 1. The summed E-state index contributed by atoms with van der Waals surface area (Å²) >= 11 is 6.11. The molecule has 0 aromatic carbocycles. The number of likely N-dealkylation sites (tertiary alicyclic amines) is 1. The van der Waals surface area contributed by atoms with Crippen LogP contribution >= 0.6 is 11.6 Å². The van der Waals surface area contributed by atoms with Crippen molar-refractivity contribution >= 4 is 23.4 Å². The molecule has 2 N–H and O–H groups in total. The van der Waals surface area contributed by atoms with Gasteiger partial charge in [-0.25, -0.2) is 4.79 Å². The van der Waals surface area contributed by atoms with Crippen LogP contribution in [0.25, 0.3) is 0 Å². The van der Waals surface area contributed by atoms with Gasteiger partial charge in [0.05, 0.1) is 17.6 Å². The number of hydrogen-bond acceptors (Lipinski definition) is 5. The van der Waals surface area contributed by atoms with E-state index in [1.807, 2.05) is 16.0 Å². The number of halogens is 1. The smallest absolute Gasteiger partial charge is 0.333 e. The number of carbonyl (C=O) groups excluding carboxylic acids is 1. The molecule has 0 aromatic heterocycles. The number of Topliss-reactive ketones (excluding diaryl/α,β-unsaturated/α-hetero) is 1. The van der Waals surface area contributed by atoms with Crippen LogP contribution in [0.1, 0.15) is 32.1 Å². The van der Waals surface area contributed by atoms with Crippen LogP contribution in [0.5, 0.6) is 0 Å². The van der Waals surface area contributed by atoms with E-state index in [1.165, 1.54) is 0 Å². The highest BCUT2D eigenvalue weighted by atomic mass is 35.5. The summed E-state index contributed by atoms with van der Waals surface area (Å²) in [5.74, 6) is -1.15. The largest absolute Gasteiger partial charge is 0.479 e. The average molecular weight is 365 g/mol. The van der Waals surface area contributed by atoms with Crippen LogP contribution in [-0.4, -0.2) is 62.5 Å². The van der Waals surface area contributed by atoms with Crippen molar-refractivity contribution in [3.05, 3.63) is 34.7 Å². The summed E-state index contributed by atoms with van der Waals surface area (Å²) in [6.07, 6.45) is 8.00. The Kier molecular flexibility index (Phi) is 4.02. The molecule has 7 heteroatoms. The number of piperidine rings is 1. The average Bonchev–Trinajstić information content (AvgIpc) is 3.40. The predicted molar refractivity (Wildman–Crippen MR) is 91.8 cm³/mol. The van der Waals surface area contributed by atoms with Crippen molar-refractivity contribution in [3.8, 4) is 0 Å². The minimum Gasteiger partial charge on any atom is -0.479 e. The lowest BCUT2D eigenvalue weighted by Crippen LogP contribution is -2.59. The van der Waals surface area contributed by atoms with Crippen LogP contribution in [0, 0.1) is 0 Å². The van der Waals surface area contributed by atoms with Gasteiger partial charge in [0.25, 0.3) is 0 Å². The third-order valence-corrected chi connectivity index (χ3v) is 5.92. The first kappa shape index (κ1) is 16.8. The fourth-order valence-corrected chi connectivity index (χ4v) is 4.24. The molecule has 1 saturated heterocycles. The summed E-state index contributed by atoms with van der Waals surface area (Å²) in [6.45, 7) is 0.967. The zero-order valence-corrected chi connectivity index (χ0v) is 14.6. The van der Waals surface area contributed by atoms with Crippen LogP contribution in [0.3, 0.4) is 0 Å². The summed E-state index contributed by atoms with van der Waals surface area (Å²) in [5.41, 5.74) is 0.0186. The van der Waals surface area contributed by atoms with Gasteiger partial charge in [-0.05, 0) is 37.8 Å². The highest BCUT2D eigenvalue weighted by Gasteiger charge is 2.51. The Balaban J connectivity index is 1.82. The minimum atomic E-state index is -1.33. The van der Waals surface area contributed by atoms with Crippen LogP contribution in [0.15, 0.2) is 34.7 Å². The molecule has 2 fully saturated rings. The number of ketones is 1. The topological polar surface area (TPSA) is 81.1 Å². The van der Waals surface area contributed by atoms with Gasteiger partial charge in [-0.3, -0.25) is 9.69 Å². The van der Waals surface area contributed by atoms with Gasteiger partial charge in [0.15, 0.2) is 11.3 Å². The van der Waals surface area contributed by atoms with Crippen molar-refractivity contribution in [2.45, 2.75) is 49.8 Å². The third-order valence-electron chi connectivity index (χ3n) is 5.60. The summed E-state index contributed by atoms with van der Waals surface area (Å²) < 4.78 is 0. The molecule has 4 aliphatic rings.